The van der Waals surface area contributed by atoms with Gasteiger partial charge in [-0.1, -0.05) is 27.2 Å². The van der Waals surface area contributed by atoms with E-state index in [2.05, 4.69) is 26.1 Å². The van der Waals surface area contributed by atoms with Crippen LogP contribution in [0.1, 0.15) is 60.3 Å². The van der Waals surface area contributed by atoms with Crippen molar-refractivity contribution in [1.29, 1.82) is 0 Å². The van der Waals surface area contributed by atoms with Crippen LogP contribution in [0.25, 0.3) is 0 Å². The van der Waals surface area contributed by atoms with Crippen LogP contribution in [0.2, 0.25) is 0 Å². The third-order valence-corrected chi connectivity index (χ3v) is 7.59. The lowest BCUT2D eigenvalue weighted by Gasteiger charge is -2.43. The van der Waals surface area contributed by atoms with Gasteiger partial charge in [0.2, 0.25) is 0 Å². The van der Waals surface area contributed by atoms with Crippen LogP contribution in [0.3, 0.4) is 0 Å². The van der Waals surface area contributed by atoms with Crippen molar-refractivity contribution in [2.24, 2.45) is 17.8 Å². The molecule has 4 unspecified atom stereocenters. The highest BCUT2D eigenvalue weighted by atomic mass is 32.2. The van der Waals surface area contributed by atoms with Gasteiger partial charge in [0, 0.05) is 12.3 Å². The summed E-state index contributed by atoms with van der Waals surface area (Å²) in [5, 5.41) is 3.54. The molecule has 0 heterocycles. The minimum atomic E-state index is -3.07. The van der Waals surface area contributed by atoms with Gasteiger partial charge in [-0.15, -0.1) is 0 Å². The summed E-state index contributed by atoms with van der Waals surface area (Å²) in [6, 6.07) is 0.0624. The Kier molecular flexibility index (Phi) is 6.09. The normalized spacial score (nSPS) is 30.2. The maximum atomic E-state index is 12.2. The van der Waals surface area contributed by atoms with Gasteiger partial charge in [0.1, 0.15) is 0 Å². The first-order valence-electron chi connectivity index (χ1n) is 8.04. The predicted molar refractivity (Wildman–Crippen MR) is 86.7 cm³/mol. The Bertz CT molecular complexity index is 403. The number of rotatable bonds is 6. The molecular formula is C16H33NO2S. The summed E-state index contributed by atoms with van der Waals surface area (Å²) >= 11 is 0. The Hall–Kier alpha value is -0.0900. The van der Waals surface area contributed by atoms with E-state index in [9.17, 15) is 8.42 Å². The molecule has 1 rings (SSSR count). The van der Waals surface area contributed by atoms with E-state index in [1.54, 1.807) is 0 Å². The fourth-order valence-corrected chi connectivity index (χ4v) is 4.14. The fourth-order valence-electron chi connectivity index (χ4n) is 3.40. The van der Waals surface area contributed by atoms with Gasteiger partial charge in [-0.2, -0.15) is 0 Å². The average molecular weight is 304 g/mol. The van der Waals surface area contributed by atoms with Crippen LogP contribution < -0.4 is 5.32 Å². The van der Waals surface area contributed by atoms with Crippen molar-refractivity contribution in [3.63, 3.8) is 0 Å². The standard InChI is InChI=1S/C16H33NO2S/c1-7-10-17-15(16(4,5)20(6,18)19)14-9-8-12(2)13(3)11-14/h12-15,17H,7-11H2,1-6H3. The third-order valence-electron chi connectivity index (χ3n) is 5.43. The van der Waals surface area contributed by atoms with E-state index in [0.29, 0.717) is 11.8 Å². The van der Waals surface area contributed by atoms with Gasteiger partial charge in [0.15, 0.2) is 9.84 Å². The molecule has 0 aromatic carbocycles. The lowest BCUT2D eigenvalue weighted by Crippen LogP contribution is -2.56. The molecule has 3 nitrogen and oxygen atoms in total. The number of hydrogen-bond acceptors (Lipinski definition) is 3. The van der Waals surface area contributed by atoms with Crippen LogP contribution in [-0.4, -0.2) is 32.0 Å². The molecule has 4 atom stereocenters. The lowest BCUT2D eigenvalue weighted by molar-refractivity contribution is 0.155. The second-order valence-corrected chi connectivity index (χ2v) is 9.93. The van der Waals surface area contributed by atoms with Crippen LogP contribution in [0.15, 0.2) is 0 Å². The van der Waals surface area contributed by atoms with Crippen molar-refractivity contribution < 1.29 is 8.42 Å². The molecule has 0 saturated heterocycles. The molecule has 120 valence electrons. The highest BCUT2D eigenvalue weighted by molar-refractivity contribution is 7.92. The number of hydrogen-bond donors (Lipinski definition) is 1. The summed E-state index contributed by atoms with van der Waals surface area (Å²) in [5.74, 6) is 1.92. The summed E-state index contributed by atoms with van der Waals surface area (Å²) in [4.78, 5) is 0. The molecule has 1 saturated carbocycles. The van der Waals surface area contributed by atoms with Crippen molar-refractivity contribution >= 4 is 9.84 Å². The van der Waals surface area contributed by atoms with Crippen molar-refractivity contribution in [1.82, 2.24) is 5.32 Å². The Balaban J connectivity index is 2.95. The van der Waals surface area contributed by atoms with Gasteiger partial charge in [-0.3, -0.25) is 0 Å². The SMILES string of the molecule is CCCNC(C1CCC(C)C(C)C1)C(C)(C)S(C)(=O)=O. The van der Waals surface area contributed by atoms with Crippen molar-refractivity contribution in [3.8, 4) is 0 Å². The van der Waals surface area contributed by atoms with Gasteiger partial charge in [0.05, 0.1) is 4.75 Å². The molecule has 4 heteroatoms. The molecule has 1 aliphatic rings. The molecule has 1 aliphatic carbocycles. The van der Waals surface area contributed by atoms with E-state index in [-0.39, 0.29) is 6.04 Å². The van der Waals surface area contributed by atoms with Crippen LogP contribution >= 0.6 is 0 Å². The van der Waals surface area contributed by atoms with E-state index >= 15 is 0 Å². The Morgan fingerprint density at radius 3 is 2.25 bits per heavy atom. The van der Waals surface area contributed by atoms with Gasteiger partial charge < -0.3 is 5.32 Å². The Labute approximate surface area is 125 Å². The number of sulfone groups is 1. The molecule has 0 aromatic rings. The molecule has 0 bridgehead atoms. The minimum Gasteiger partial charge on any atom is -0.312 e. The van der Waals surface area contributed by atoms with E-state index in [0.717, 1.165) is 31.7 Å². The number of nitrogens with one attached hydrogen (secondary N) is 1. The molecule has 1 fully saturated rings. The van der Waals surface area contributed by atoms with Crippen LogP contribution in [0.5, 0.6) is 0 Å². The topological polar surface area (TPSA) is 46.2 Å². The van der Waals surface area contributed by atoms with Crippen LogP contribution in [0.4, 0.5) is 0 Å². The Morgan fingerprint density at radius 1 is 1.20 bits per heavy atom. The van der Waals surface area contributed by atoms with Crippen LogP contribution in [0, 0.1) is 17.8 Å². The summed E-state index contributed by atoms with van der Waals surface area (Å²) in [6.07, 6.45) is 5.92. The summed E-state index contributed by atoms with van der Waals surface area (Å²) < 4.78 is 23.7. The van der Waals surface area contributed by atoms with E-state index < -0.39 is 14.6 Å². The highest BCUT2D eigenvalue weighted by Gasteiger charge is 2.44. The predicted octanol–water partition coefficient (Wildman–Crippen LogP) is 3.25. The molecule has 0 radical (unpaired) electrons. The zero-order valence-electron chi connectivity index (χ0n) is 14.1. The third kappa shape index (κ3) is 3.97. The van der Waals surface area contributed by atoms with Gasteiger partial charge in [0.25, 0.3) is 0 Å². The second kappa shape index (κ2) is 6.78. The largest absolute Gasteiger partial charge is 0.312 e. The van der Waals surface area contributed by atoms with E-state index in [1.807, 2.05) is 13.8 Å². The second-order valence-electron chi connectivity index (χ2n) is 7.34. The highest BCUT2D eigenvalue weighted by Crippen LogP contribution is 2.39. The molecule has 0 aliphatic heterocycles. The molecule has 0 spiro atoms. The quantitative estimate of drug-likeness (QED) is 0.819. The van der Waals surface area contributed by atoms with Gasteiger partial charge in [-0.05, 0) is 57.4 Å². The molecule has 0 aromatic heterocycles. The molecule has 20 heavy (non-hydrogen) atoms. The summed E-state index contributed by atoms with van der Waals surface area (Å²) in [6.45, 7) is 11.4. The fraction of sp³-hybridized carbons (Fsp3) is 1.00. The summed E-state index contributed by atoms with van der Waals surface area (Å²) in [7, 11) is -3.07. The van der Waals surface area contributed by atoms with Gasteiger partial charge in [-0.25, -0.2) is 8.42 Å². The zero-order chi connectivity index (χ0) is 15.6. The minimum absolute atomic E-state index is 0.0624. The van der Waals surface area contributed by atoms with E-state index in [4.69, 9.17) is 0 Å². The van der Waals surface area contributed by atoms with E-state index in [1.165, 1.54) is 12.7 Å². The van der Waals surface area contributed by atoms with Crippen LogP contribution in [-0.2, 0) is 9.84 Å². The first kappa shape index (κ1) is 18.0. The van der Waals surface area contributed by atoms with Crippen molar-refractivity contribution in [2.75, 3.05) is 12.8 Å². The first-order valence-corrected chi connectivity index (χ1v) is 9.93. The first-order chi connectivity index (χ1) is 9.11. The maximum absolute atomic E-state index is 12.2. The molecular weight excluding hydrogens is 270 g/mol. The summed E-state index contributed by atoms with van der Waals surface area (Å²) in [5.41, 5.74) is 0. The maximum Gasteiger partial charge on any atom is 0.154 e. The lowest BCUT2D eigenvalue weighted by atomic mass is 9.71. The zero-order valence-corrected chi connectivity index (χ0v) is 14.9. The van der Waals surface area contributed by atoms with Crippen molar-refractivity contribution in [2.45, 2.75) is 71.1 Å². The molecule has 0 amide bonds. The molecule has 1 N–H and O–H groups in total. The van der Waals surface area contributed by atoms with Gasteiger partial charge >= 0.3 is 0 Å². The monoisotopic (exact) mass is 303 g/mol. The average Bonchev–Trinajstić information content (AvgIpc) is 2.32. The Morgan fingerprint density at radius 2 is 1.80 bits per heavy atom. The van der Waals surface area contributed by atoms with Crippen molar-refractivity contribution in [3.05, 3.63) is 0 Å². The smallest absolute Gasteiger partial charge is 0.154 e.